The summed E-state index contributed by atoms with van der Waals surface area (Å²) in [6.07, 6.45) is 0. The second kappa shape index (κ2) is 13.5. The second-order valence-corrected chi connectivity index (χ2v) is 20.5. The number of methoxy groups -OCH3 is 4. The Balaban J connectivity index is 1.80. The monoisotopic (exact) mass is 576 g/mol. The summed E-state index contributed by atoms with van der Waals surface area (Å²) in [5.74, 6) is 5.97. The second-order valence-electron chi connectivity index (χ2n) is 10.0. The summed E-state index contributed by atoms with van der Waals surface area (Å²) in [4.78, 5) is 0. The van der Waals surface area contributed by atoms with Gasteiger partial charge in [0.2, 0.25) is 0 Å². The van der Waals surface area contributed by atoms with Crippen molar-refractivity contribution < 1.29 is 18.9 Å². The van der Waals surface area contributed by atoms with Crippen LogP contribution in [0.15, 0.2) is 97.1 Å². The summed E-state index contributed by atoms with van der Waals surface area (Å²) in [5, 5.41) is 5.05. The van der Waals surface area contributed by atoms with Crippen LogP contribution in [-0.2, 0) is 0 Å². The molecule has 0 radical (unpaired) electrons. The summed E-state index contributed by atoms with van der Waals surface area (Å²) in [6, 6.07) is 33.9. The van der Waals surface area contributed by atoms with E-state index in [-0.39, 0.29) is 0 Å². The molecule has 0 bridgehead atoms. The Hall–Kier alpha value is -2.84. The predicted octanol–water partition coefficient (Wildman–Crippen LogP) is 6.07. The molecule has 0 N–H and O–H groups in total. The van der Waals surface area contributed by atoms with Crippen LogP contribution in [0.25, 0.3) is 0 Å². The SMILES string of the molecule is COc1ccccc1P(C[Si](C)(C)CP(c1ccccc1OC)c1ccccc1OC)c1ccccc1OC. The number of hydrogen-bond donors (Lipinski definition) is 0. The van der Waals surface area contributed by atoms with Crippen molar-refractivity contribution in [2.45, 2.75) is 13.1 Å². The Labute approximate surface area is 236 Å². The zero-order valence-electron chi connectivity index (χ0n) is 23.7. The van der Waals surface area contributed by atoms with Gasteiger partial charge in [0, 0.05) is 21.2 Å². The lowest BCUT2D eigenvalue weighted by molar-refractivity contribution is 0.417. The Morgan fingerprint density at radius 1 is 0.436 bits per heavy atom. The van der Waals surface area contributed by atoms with Gasteiger partial charge in [0.15, 0.2) is 0 Å². The number of benzene rings is 4. The zero-order valence-corrected chi connectivity index (χ0v) is 26.5. The van der Waals surface area contributed by atoms with Crippen LogP contribution >= 0.6 is 15.8 Å². The van der Waals surface area contributed by atoms with E-state index in [1.54, 1.807) is 28.4 Å². The van der Waals surface area contributed by atoms with Gasteiger partial charge in [-0.05, 0) is 51.7 Å². The van der Waals surface area contributed by atoms with Crippen LogP contribution in [0.1, 0.15) is 0 Å². The minimum Gasteiger partial charge on any atom is -0.496 e. The molecule has 4 aromatic carbocycles. The van der Waals surface area contributed by atoms with E-state index >= 15 is 0 Å². The normalized spacial score (nSPS) is 11.5. The van der Waals surface area contributed by atoms with Crippen LogP contribution in [0.2, 0.25) is 13.1 Å². The van der Waals surface area contributed by atoms with Gasteiger partial charge in [0.05, 0.1) is 36.5 Å². The largest absolute Gasteiger partial charge is 0.496 e. The van der Waals surface area contributed by atoms with Gasteiger partial charge in [0.1, 0.15) is 23.0 Å². The van der Waals surface area contributed by atoms with Gasteiger partial charge in [-0.3, -0.25) is 0 Å². The molecular formula is C32H38O4P2Si. The van der Waals surface area contributed by atoms with Crippen molar-refractivity contribution in [1.29, 1.82) is 0 Å². The maximum Gasteiger partial charge on any atom is 0.126 e. The van der Waals surface area contributed by atoms with Crippen molar-refractivity contribution in [2.24, 2.45) is 0 Å². The fourth-order valence-electron chi connectivity index (χ4n) is 4.92. The van der Waals surface area contributed by atoms with E-state index in [1.807, 2.05) is 24.3 Å². The number of para-hydroxylation sites is 4. The van der Waals surface area contributed by atoms with Gasteiger partial charge < -0.3 is 18.9 Å². The van der Waals surface area contributed by atoms with Crippen molar-refractivity contribution in [3.8, 4) is 23.0 Å². The molecule has 0 saturated carbocycles. The number of ether oxygens (including phenoxy) is 4. The Bertz CT molecular complexity index is 1180. The number of rotatable bonds is 12. The summed E-state index contributed by atoms with van der Waals surface area (Å²) < 4.78 is 23.5. The smallest absolute Gasteiger partial charge is 0.126 e. The highest BCUT2D eigenvalue weighted by atomic mass is 31.1. The van der Waals surface area contributed by atoms with Gasteiger partial charge in [-0.1, -0.05) is 85.9 Å². The molecule has 4 rings (SSSR count). The van der Waals surface area contributed by atoms with E-state index in [9.17, 15) is 0 Å². The lowest BCUT2D eigenvalue weighted by Crippen LogP contribution is -2.40. The van der Waals surface area contributed by atoms with Gasteiger partial charge in [-0.2, -0.15) is 0 Å². The average molecular weight is 577 g/mol. The topological polar surface area (TPSA) is 36.9 Å². The van der Waals surface area contributed by atoms with Crippen molar-refractivity contribution in [2.75, 3.05) is 40.0 Å². The Kier molecular flexibility index (Phi) is 10.1. The van der Waals surface area contributed by atoms with Crippen LogP contribution in [0.5, 0.6) is 23.0 Å². The van der Waals surface area contributed by atoms with E-state index in [4.69, 9.17) is 18.9 Å². The highest BCUT2D eigenvalue weighted by Gasteiger charge is 2.35. The molecular weight excluding hydrogens is 538 g/mol. The first-order valence-electron chi connectivity index (χ1n) is 13.0. The molecule has 204 valence electrons. The standard InChI is InChI=1S/C32H38O4P2Si/c1-33-25-15-7-11-19-29(25)37(30-20-12-8-16-26(30)34-2)23-39(5,6)24-38(31-21-13-9-17-27(31)35-3)32-22-14-10-18-28(32)36-4/h7-22H,23-24H2,1-6H3. The van der Waals surface area contributed by atoms with E-state index in [0.717, 1.165) is 34.6 Å². The van der Waals surface area contributed by atoms with Crippen molar-refractivity contribution in [1.82, 2.24) is 0 Å². The lowest BCUT2D eigenvalue weighted by atomic mass is 10.3. The first kappa shape index (κ1) is 29.1. The van der Waals surface area contributed by atoms with Crippen molar-refractivity contribution in [3.63, 3.8) is 0 Å². The molecule has 0 aromatic heterocycles. The molecule has 0 aliphatic carbocycles. The van der Waals surface area contributed by atoms with E-state index < -0.39 is 23.9 Å². The van der Waals surface area contributed by atoms with Crippen LogP contribution < -0.4 is 40.2 Å². The maximum atomic E-state index is 5.88. The molecule has 0 amide bonds. The summed E-state index contributed by atoms with van der Waals surface area (Å²) in [7, 11) is 3.74. The molecule has 0 heterocycles. The van der Waals surface area contributed by atoms with Gasteiger partial charge in [-0.15, -0.1) is 0 Å². The van der Waals surface area contributed by atoms with Crippen LogP contribution in [0.3, 0.4) is 0 Å². The minimum atomic E-state index is -1.87. The third-order valence-corrected chi connectivity index (χ3v) is 19.9. The fraction of sp³-hybridized carbons (Fsp3) is 0.250. The van der Waals surface area contributed by atoms with E-state index in [1.165, 1.54) is 21.2 Å². The Morgan fingerprint density at radius 2 is 0.667 bits per heavy atom. The minimum absolute atomic E-state index is 0.724. The zero-order chi connectivity index (χ0) is 27.8. The third-order valence-electron chi connectivity index (χ3n) is 6.68. The van der Waals surface area contributed by atoms with Crippen LogP contribution in [0, 0.1) is 0 Å². The molecule has 0 unspecified atom stereocenters. The summed E-state index contributed by atoms with van der Waals surface area (Å²) in [5.41, 5.74) is 0. The maximum absolute atomic E-state index is 5.88. The molecule has 0 atom stereocenters. The first-order chi connectivity index (χ1) is 18.9. The average Bonchev–Trinajstić information content (AvgIpc) is 2.98. The van der Waals surface area contributed by atoms with E-state index in [2.05, 4.69) is 85.9 Å². The van der Waals surface area contributed by atoms with E-state index in [0.29, 0.717) is 0 Å². The number of hydrogen-bond acceptors (Lipinski definition) is 4. The molecule has 4 nitrogen and oxygen atoms in total. The summed E-state index contributed by atoms with van der Waals surface area (Å²) >= 11 is 0. The first-order valence-corrected chi connectivity index (χ1v) is 19.5. The third kappa shape index (κ3) is 6.84. The lowest BCUT2D eigenvalue weighted by Gasteiger charge is -2.34. The molecule has 39 heavy (non-hydrogen) atoms. The molecule has 7 heteroatoms. The van der Waals surface area contributed by atoms with Gasteiger partial charge in [0.25, 0.3) is 0 Å². The highest BCUT2D eigenvalue weighted by Crippen LogP contribution is 2.47. The van der Waals surface area contributed by atoms with Crippen LogP contribution in [0.4, 0.5) is 0 Å². The van der Waals surface area contributed by atoms with Crippen LogP contribution in [-0.4, -0.2) is 48.1 Å². The molecule has 0 aliphatic heterocycles. The summed E-state index contributed by atoms with van der Waals surface area (Å²) in [6.45, 7) is 5.04. The fourth-order valence-corrected chi connectivity index (χ4v) is 19.1. The molecule has 4 aromatic rings. The van der Waals surface area contributed by atoms with Crippen molar-refractivity contribution in [3.05, 3.63) is 97.1 Å². The van der Waals surface area contributed by atoms with Gasteiger partial charge >= 0.3 is 0 Å². The van der Waals surface area contributed by atoms with Gasteiger partial charge in [-0.25, -0.2) is 0 Å². The quantitative estimate of drug-likeness (QED) is 0.152. The molecule has 0 spiro atoms. The molecule has 0 aliphatic rings. The van der Waals surface area contributed by atoms with Crippen molar-refractivity contribution >= 4 is 45.1 Å². The Morgan fingerprint density at radius 3 is 0.897 bits per heavy atom. The highest BCUT2D eigenvalue weighted by molar-refractivity contribution is 7.78. The molecule has 0 fully saturated rings. The predicted molar refractivity (Wildman–Crippen MR) is 172 cm³/mol. The molecule has 0 saturated heterocycles.